The summed E-state index contributed by atoms with van der Waals surface area (Å²) in [5.74, 6) is 0.250. The van der Waals surface area contributed by atoms with E-state index in [9.17, 15) is 9.59 Å². The normalized spacial score (nSPS) is 15.4. The van der Waals surface area contributed by atoms with Gasteiger partial charge in [-0.05, 0) is 36.8 Å². The van der Waals surface area contributed by atoms with Gasteiger partial charge < -0.3 is 10.1 Å². The maximum Gasteiger partial charge on any atom is 0.329 e. The Labute approximate surface area is 171 Å². The van der Waals surface area contributed by atoms with E-state index in [4.69, 9.17) is 16.3 Å². The van der Waals surface area contributed by atoms with Crippen molar-refractivity contribution >= 4 is 45.5 Å². The van der Waals surface area contributed by atoms with Crippen LogP contribution in [-0.4, -0.2) is 23.4 Å². The lowest BCUT2D eigenvalue weighted by Gasteiger charge is -2.11. The number of hydrogen-bond donors (Lipinski definition) is 1. The van der Waals surface area contributed by atoms with Crippen molar-refractivity contribution in [3.8, 4) is 5.75 Å². The molecule has 0 aliphatic carbocycles. The maximum absolute atomic E-state index is 12.4. The van der Waals surface area contributed by atoms with E-state index in [1.165, 1.54) is 4.90 Å². The van der Waals surface area contributed by atoms with Crippen molar-refractivity contribution in [1.29, 1.82) is 0 Å². The van der Waals surface area contributed by atoms with Crippen molar-refractivity contribution in [2.24, 2.45) is 0 Å². The number of rotatable bonds is 6. The van der Waals surface area contributed by atoms with Gasteiger partial charge in [0.15, 0.2) is 0 Å². The van der Waals surface area contributed by atoms with Crippen LogP contribution in [0.15, 0.2) is 52.6 Å². The summed E-state index contributed by atoms with van der Waals surface area (Å²) in [6.07, 6.45) is 2.33. The van der Waals surface area contributed by atoms with Crippen molar-refractivity contribution in [3.05, 3.63) is 68.8 Å². The average Bonchev–Trinajstić information content (AvgIpc) is 2.90. The quantitative estimate of drug-likeness (QED) is 0.499. The number of halogens is 2. The largest absolute Gasteiger partial charge is 0.488 e. The summed E-state index contributed by atoms with van der Waals surface area (Å²) in [6, 6.07) is 12.5. The van der Waals surface area contributed by atoms with Gasteiger partial charge in [-0.1, -0.05) is 52.7 Å². The predicted octanol–water partition coefficient (Wildman–Crippen LogP) is 4.98. The second-order valence-corrected chi connectivity index (χ2v) is 7.33. The highest BCUT2D eigenvalue weighted by atomic mass is 79.9. The van der Waals surface area contributed by atoms with Gasteiger partial charge in [-0.25, -0.2) is 4.79 Å². The summed E-state index contributed by atoms with van der Waals surface area (Å²) in [6.45, 7) is 2.59. The van der Waals surface area contributed by atoms with Crippen LogP contribution in [0, 0.1) is 0 Å². The van der Waals surface area contributed by atoms with Crippen molar-refractivity contribution in [1.82, 2.24) is 10.2 Å². The van der Waals surface area contributed by atoms with E-state index < -0.39 is 6.03 Å². The summed E-state index contributed by atoms with van der Waals surface area (Å²) in [4.78, 5) is 25.6. The molecule has 3 amide bonds. The molecule has 1 aliphatic rings. The van der Waals surface area contributed by atoms with Gasteiger partial charge in [0.25, 0.3) is 5.91 Å². The number of nitrogens with one attached hydrogen (secondary N) is 1. The average molecular weight is 450 g/mol. The standard InChI is InChI=1S/C20H18BrClN2O3/c1-2-9-24-19(25)17(23-20(24)26)11-14-10-15(21)7-8-18(14)27-12-13-5-3-4-6-16(13)22/h3-8,10-11H,2,9,12H2,1H3,(H,23,26)/b17-11+. The molecule has 1 aliphatic heterocycles. The fourth-order valence-corrected chi connectivity index (χ4v) is 3.26. The number of benzene rings is 2. The van der Waals surface area contributed by atoms with Gasteiger partial charge in [0.1, 0.15) is 18.1 Å². The molecule has 7 heteroatoms. The molecular weight excluding hydrogens is 432 g/mol. The maximum atomic E-state index is 12.4. The number of imide groups is 1. The molecule has 0 spiro atoms. The first kappa shape index (κ1) is 19.5. The minimum absolute atomic E-state index is 0.231. The van der Waals surface area contributed by atoms with E-state index in [-0.39, 0.29) is 11.6 Å². The van der Waals surface area contributed by atoms with Crippen LogP contribution in [0.4, 0.5) is 4.79 Å². The molecule has 27 heavy (non-hydrogen) atoms. The van der Waals surface area contributed by atoms with Crippen LogP contribution in [0.25, 0.3) is 6.08 Å². The molecule has 0 radical (unpaired) electrons. The molecule has 0 saturated carbocycles. The summed E-state index contributed by atoms with van der Waals surface area (Å²) < 4.78 is 6.75. The molecule has 2 aromatic rings. The Bertz CT molecular complexity index is 914. The molecule has 0 bridgehead atoms. The Balaban J connectivity index is 1.85. The van der Waals surface area contributed by atoms with Gasteiger partial charge in [-0.2, -0.15) is 0 Å². The Kier molecular flexibility index (Phi) is 6.19. The summed E-state index contributed by atoms with van der Waals surface area (Å²) in [5.41, 5.74) is 1.77. The fraction of sp³-hybridized carbons (Fsp3) is 0.200. The van der Waals surface area contributed by atoms with Crippen molar-refractivity contribution < 1.29 is 14.3 Å². The fourth-order valence-electron chi connectivity index (χ4n) is 2.69. The van der Waals surface area contributed by atoms with Crippen LogP contribution in [-0.2, 0) is 11.4 Å². The molecule has 0 aromatic heterocycles. The van der Waals surface area contributed by atoms with Crippen LogP contribution in [0.5, 0.6) is 5.75 Å². The Morgan fingerprint density at radius 1 is 1.22 bits per heavy atom. The van der Waals surface area contributed by atoms with Crippen LogP contribution >= 0.6 is 27.5 Å². The summed E-state index contributed by atoms with van der Waals surface area (Å²) >= 11 is 9.61. The first-order valence-electron chi connectivity index (χ1n) is 8.50. The number of urea groups is 1. The number of ether oxygens (including phenoxy) is 1. The Morgan fingerprint density at radius 3 is 2.74 bits per heavy atom. The van der Waals surface area contributed by atoms with Gasteiger partial charge in [0, 0.05) is 27.2 Å². The number of carbonyl (C=O) groups is 2. The zero-order chi connectivity index (χ0) is 19.4. The third-order valence-electron chi connectivity index (χ3n) is 4.02. The van der Waals surface area contributed by atoms with Gasteiger partial charge in [0.05, 0.1) is 0 Å². The molecule has 0 unspecified atom stereocenters. The second-order valence-electron chi connectivity index (χ2n) is 6.01. The van der Waals surface area contributed by atoms with E-state index >= 15 is 0 Å². The summed E-state index contributed by atoms with van der Waals surface area (Å²) in [7, 11) is 0. The number of hydrogen-bond acceptors (Lipinski definition) is 3. The third kappa shape index (κ3) is 4.51. The van der Waals surface area contributed by atoms with Gasteiger partial charge in [0.2, 0.25) is 0 Å². The summed E-state index contributed by atoms with van der Waals surface area (Å²) in [5, 5.41) is 3.25. The zero-order valence-electron chi connectivity index (χ0n) is 14.7. The van der Waals surface area contributed by atoms with Crippen LogP contribution in [0.2, 0.25) is 5.02 Å². The smallest absolute Gasteiger partial charge is 0.329 e. The van der Waals surface area contributed by atoms with Gasteiger partial charge in [-0.15, -0.1) is 0 Å². The lowest BCUT2D eigenvalue weighted by Crippen LogP contribution is -2.31. The molecule has 5 nitrogen and oxygen atoms in total. The van der Waals surface area contributed by atoms with Crippen molar-refractivity contribution in [3.63, 3.8) is 0 Å². The first-order valence-corrected chi connectivity index (χ1v) is 9.67. The zero-order valence-corrected chi connectivity index (χ0v) is 17.0. The second kappa shape index (κ2) is 8.59. The van der Waals surface area contributed by atoms with E-state index in [0.29, 0.717) is 35.9 Å². The minimum atomic E-state index is -0.401. The molecule has 1 N–H and O–H groups in total. The number of amides is 3. The molecule has 1 heterocycles. The van der Waals surface area contributed by atoms with Crippen LogP contribution in [0.3, 0.4) is 0 Å². The Morgan fingerprint density at radius 2 is 2.00 bits per heavy atom. The van der Waals surface area contributed by atoms with Gasteiger partial charge >= 0.3 is 6.03 Å². The predicted molar refractivity (Wildman–Crippen MR) is 108 cm³/mol. The topological polar surface area (TPSA) is 58.6 Å². The molecule has 0 atom stereocenters. The van der Waals surface area contributed by atoms with Crippen molar-refractivity contribution in [2.75, 3.05) is 6.54 Å². The van der Waals surface area contributed by atoms with E-state index in [2.05, 4.69) is 21.2 Å². The lowest BCUT2D eigenvalue weighted by molar-refractivity contribution is -0.122. The third-order valence-corrected chi connectivity index (χ3v) is 4.88. The Hall–Kier alpha value is -2.31. The number of carbonyl (C=O) groups excluding carboxylic acids is 2. The van der Waals surface area contributed by atoms with Gasteiger partial charge in [-0.3, -0.25) is 9.69 Å². The number of nitrogens with zero attached hydrogens (tertiary/aromatic N) is 1. The first-order chi connectivity index (χ1) is 13.0. The van der Waals surface area contributed by atoms with E-state index in [1.54, 1.807) is 18.2 Å². The lowest BCUT2D eigenvalue weighted by atomic mass is 10.1. The van der Waals surface area contributed by atoms with Crippen LogP contribution < -0.4 is 10.1 Å². The van der Waals surface area contributed by atoms with Crippen molar-refractivity contribution in [2.45, 2.75) is 20.0 Å². The monoisotopic (exact) mass is 448 g/mol. The molecule has 1 saturated heterocycles. The van der Waals surface area contributed by atoms with E-state index in [1.807, 2.05) is 37.3 Å². The molecular formula is C20H18BrClN2O3. The SMILES string of the molecule is CCCN1C(=O)N/C(=C/c2cc(Br)ccc2OCc2ccccc2Cl)C1=O. The molecule has 140 valence electrons. The minimum Gasteiger partial charge on any atom is -0.488 e. The van der Waals surface area contributed by atoms with Crippen LogP contribution in [0.1, 0.15) is 24.5 Å². The molecule has 3 rings (SSSR count). The molecule has 1 fully saturated rings. The highest BCUT2D eigenvalue weighted by Gasteiger charge is 2.32. The highest BCUT2D eigenvalue weighted by molar-refractivity contribution is 9.10. The van der Waals surface area contributed by atoms with E-state index in [0.717, 1.165) is 10.0 Å². The molecule has 2 aromatic carbocycles. The highest BCUT2D eigenvalue weighted by Crippen LogP contribution is 2.28.